The van der Waals surface area contributed by atoms with E-state index < -0.39 is 5.97 Å². The van der Waals surface area contributed by atoms with Gasteiger partial charge in [-0.3, -0.25) is 4.90 Å². The monoisotopic (exact) mass is 313 g/mol. The Bertz CT molecular complexity index is 708. The van der Waals surface area contributed by atoms with Crippen molar-refractivity contribution >= 4 is 5.97 Å². The lowest BCUT2D eigenvalue weighted by Gasteiger charge is -2.27. The molecule has 5 heteroatoms. The fourth-order valence-corrected chi connectivity index (χ4v) is 2.83. The van der Waals surface area contributed by atoms with Gasteiger partial charge in [0, 0.05) is 19.6 Å². The Balaban J connectivity index is 1.95. The van der Waals surface area contributed by atoms with Gasteiger partial charge in [0.1, 0.15) is 5.75 Å². The van der Waals surface area contributed by atoms with Gasteiger partial charge in [0.2, 0.25) is 0 Å². The lowest BCUT2D eigenvalue weighted by Crippen LogP contribution is -2.35. The molecular weight excluding hydrogens is 294 g/mol. The van der Waals surface area contributed by atoms with E-state index in [4.69, 9.17) is 4.74 Å². The van der Waals surface area contributed by atoms with Gasteiger partial charge >= 0.3 is 5.97 Å². The Labute approximate surface area is 134 Å². The van der Waals surface area contributed by atoms with E-state index in [1.807, 2.05) is 24.3 Å². The molecule has 2 aromatic rings. The first-order valence-corrected chi connectivity index (χ1v) is 7.59. The first kappa shape index (κ1) is 15.5. The molecule has 0 amide bonds. The zero-order chi connectivity index (χ0) is 16.2. The molecule has 2 N–H and O–H groups in total. The van der Waals surface area contributed by atoms with Gasteiger partial charge in [-0.15, -0.1) is 0 Å². The van der Waals surface area contributed by atoms with E-state index in [0.29, 0.717) is 5.56 Å². The minimum Gasteiger partial charge on any atom is -0.508 e. The second kappa shape index (κ2) is 6.81. The van der Waals surface area contributed by atoms with Crippen LogP contribution in [0, 0.1) is 0 Å². The molecule has 1 aliphatic heterocycles. The molecule has 0 aliphatic carbocycles. The third kappa shape index (κ3) is 3.70. The number of hydrogen-bond donors (Lipinski definition) is 2. The van der Waals surface area contributed by atoms with Gasteiger partial charge in [-0.1, -0.05) is 24.3 Å². The first-order valence-electron chi connectivity index (χ1n) is 7.59. The van der Waals surface area contributed by atoms with Crippen molar-refractivity contribution in [3.8, 4) is 16.9 Å². The highest BCUT2D eigenvalue weighted by molar-refractivity contribution is 5.90. The number of benzene rings is 2. The molecule has 0 atom stereocenters. The fourth-order valence-electron chi connectivity index (χ4n) is 2.83. The van der Waals surface area contributed by atoms with Crippen LogP contribution in [0.5, 0.6) is 5.75 Å². The summed E-state index contributed by atoms with van der Waals surface area (Å²) >= 11 is 0. The van der Waals surface area contributed by atoms with Crippen LogP contribution in [0.4, 0.5) is 0 Å². The van der Waals surface area contributed by atoms with Crippen molar-refractivity contribution in [2.45, 2.75) is 6.54 Å². The number of rotatable bonds is 4. The molecule has 1 saturated heterocycles. The zero-order valence-corrected chi connectivity index (χ0v) is 12.7. The van der Waals surface area contributed by atoms with Gasteiger partial charge in [-0.2, -0.15) is 0 Å². The summed E-state index contributed by atoms with van der Waals surface area (Å²) in [5.74, 6) is -1.09. The molecule has 0 unspecified atom stereocenters. The molecule has 0 bridgehead atoms. The van der Waals surface area contributed by atoms with Crippen molar-refractivity contribution in [3.63, 3.8) is 0 Å². The molecular formula is C18H19NO4. The zero-order valence-electron chi connectivity index (χ0n) is 12.7. The average Bonchev–Trinajstić information content (AvgIpc) is 2.55. The quantitative estimate of drug-likeness (QED) is 0.908. The molecule has 0 saturated carbocycles. The first-order chi connectivity index (χ1) is 11.1. The van der Waals surface area contributed by atoms with Crippen LogP contribution in [-0.4, -0.2) is 47.4 Å². The summed E-state index contributed by atoms with van der Waals surface area (Å²) in [5, 5.41) is 19.0. The second-order valence-electron chi connectivity index (χ2n) is 5.62. The summed E-state index contributed by atoms with van der Waals surface area (Å²) < 4.78 is 5.37. The molecule has 3 rings (SSSR count). The number of aromatic carboxylic acids is 1. The summed E-state index contributed by atoms with van der Waals surface area (Å²) in [6.07, 6.45) is 0. The predicted octanol–water partition coefficient (Wildman–Crippen LogP) is 2.59. The molecule has 120 valence electrons. The van der Waals surface area contributed by atoms with Crippen LogP contribution in [0.1, 0.15) is 15.9 Å². The Morgan fingerprint density at radius 1 is 1.13 bits per heavy atom. The molecule has 1 heterocycles. The number of carboxylic acid groups (broad SMARTS) is 1. The number of phenolic OH excluding ortho intramolecular Hbond substituents is 1. The van der Waals surface area contributed by atoms with Crippen molar-refractivity contribution < 1.29 is 19.7 Å². The summed E-state index contributed by atoms with van der Waals surface area (Å²) in [6, 6.07) is 12.3. The number of nitrogens with zero attached hydrogens (tertiary/aromatic N) is 1. The third-order valence-electron chi connectivity index (χ3n) is 3.99. The van der Waals surface area contributed by atoms with Crippen molar-refractivity contribution in [2.75, 3.05) is 26.3 Å². The number of carbonyl (C=O) groups is 1. The lowest BCUT2D eigenvalue weighted by molar-refractivity contribution is 0.0342. The SMILES string of the molecule is O=C(O)c1cc(O)cc(-c2ccccc2CN2CCOCC2)c1. The van der Waals surface area contributed by atoms with E-state index in [1.54, 1.807) is 12.1 Å². The van der Waals surface area contributed by atoms with Gasteiger partial charge < -0.3 is 14.9 Å². The summed E-state index contributed by atoms with van der Waals surface area (Å²) in [6.45, 7) is 4.01. The van der Waals surface area contributed by atoms with Crippen LogP contribution in [0.3, 0.4) is 0 Å². The van der Waals surface area contributed by atoms with Crippen LogP contribution in [0.15, 0.2) is 42.5 Å². The van der Waals surface area contributed by atoms with Gasteiger partial charge in [0.25, 0.3) is 0 Å². The van der Waals surface area contributed by atoms with E-state index in [0.717, 1.165) is 44.0 Å². The maximum Gasteiger partial charge on any atom is 0.335 e. The molecule has 5 nitrogen and oxygen atoms in total. The van der Waals surface area contributed by atoms with Gasteiger partial charge in [-0.05, 0) is 34.9 Å². The van der Waals surface area contributed by atoms with Crippen LogP contribution in [0.25, 0.3) is 11.1 Å². The molecule has 0 radical (unpaired) electrons. The van der Waals surface area contributed by atoms with Crippen molar-refractivity contribution in [1.82, 2.24) is 4.90 Å². The molecule has 1 fully saturated rings. The minimum atomic E-state index is -1.05. The summed E-state index contributed by atoms with van der Waals surface area (Å²) in [7, 11) is 0. The van der Waals surface area contributed by atoms with Gasteiger partial charge in [0.15, 0.2) is 0 Å². The summed E-state index contributed by atoms with van der Waals surface area (Å²) in [5.41, 5.74) is 2.85. The largest absolute Gasteiger partial charge is 0.508 e. The Morgan fingerprint density at radius 2 is 1.87 bits per heavy atom. The van der Waals surface area contributed by atoms with Gasteiger partial charge in [-0.25, -0.2) is 4.79 Å². The predicted molar refractivity (Wildman–Crippen MR) is 86.6 cm³/mol. The van der Waals surface area contributed by atoms with E-state index in [-0.39, 0.29) is 11.3 Å². The standard InChI is InChI=1S/C18H19NO4/c20-16-10-14(9-15(11-16)18(21)22)17-4-2-1-3-13(17)12-19-5-7-23-8-6-19/h1-4,9-11,20H,5-8,12H2,(H,21,22). The van der Waals surface area contributed by atoms with Crippen LogP contribution in [0.2, 0.25) is 0 Å². The number of phenols is 1. The molecule has 2 aromatic carbocycles. The molecule has 1 aliphatic rings. The maximum atomic E-state index is 11.2. The molecule has 23 heavy (non-hydrogen) atoms. The second-order valence-corrected chi connectivity index (χ2v) is 5.62. The summed E-state index contributed by atoms with van der Waals surface area (Å²) in [4.78, 5) is 13.5. The van der Waals surface area contributed by atoms with E-state index >= 15 is 0 Å². The van der Waals surface area contributed by atoms with Crippen LogP contribution in [-0.2, 0) is 11.3 Å². The van der Waals surface area contributed by atoms with E-state index in [1.165, 1.54) is 6.07 Å². The normalized spacial score (nSPS) is 15.5. The van der Waals surface area contributed by atoms with Crippen LogP contribution < -0.4 is 0 Å². The highest BCUT2D eigenvalue weighted by Gasteiger charge is 2.15. The highest BCUT2D eigenvalue weighted by atomic mass is 16.5. The smallest absolute Gasteiger partial charge is 0.335 e. The fraction of sp³-hybridized carbons (Fsp3) is 0.278. The lowest BCUT2D eigenvalue weighted by atomic mass is 9.97. The maximum absolute atomic E-state index is 11.2. The van der Waals surface area contributed by atoms with Crippen LogP contribution >= 0.6 is 0 Å². The number of aromatic hydroxyl groups is 1. The van der Waals surface area contributed by atoms with Crippen molar-refractivity contribution in [2.24, 2.45) is 0 Å². The molecule has 0 spiro atoms. The Morgan fingerprint density at radius 3 is 2.61 bits per heavy atom. The number of carboxylic acids is 1. The number of morpholine rings is 1. The van der Waals surface area contributed by atoms with Gasteiger partial charge in [0.05, 0.1) is 18.8 Å². The Hall–Kier alpha value is -2.37. The topological polar surface area (TPSA) is 70.0 Å². The van der Waals surface area contributed by atoms with Crippen molar-refractivity contribution in [1.29, 1.82) is 0 Å². The minimum absolute atomic E-state index is 0.0407. The third-order valence-corrected chi connectivity index (χ3v) is 3.99. The highest BCUT2D eigenvalue weighted by Crippen LogP contribution is 2.29. The van der Waals surface area contributed by atoms with E-state index in [9.17, 15) is 15.0 Å². The molecule has 0 aromatic heterocycles. The average molecular weight is 313 g/mol. The Kier molecular flexibility index (Phi) is 4.60. The number of ether oxygens (including phenoxy) is 1. The van der Waals surface area contributed by atoms with E-state index in [2.05, 4.69) is 4.90 Å². The van der Waals surface area contributed by atoms with Crippen molar-refractivity contribution in [3.05, 3.63) is 53.6 Å². The number of hydrogen-bond acceptors (Lipinski definition) is 4.